The zero-order valence-corrected chi connectivity index (χ0v) is 13.7. The summed E-state index contributed by atoms with van der Waals surface area (Å²) in [6.07, 6.45) is 1.53. The summed E-state index contributed by atoms with van der Waals surface area (Å²) in [6.45, 7) is 1.41. The SMILES string of the molecule is [2H]C([2H])([C@@H]1COCCO1)N1C[C@H]2CC(Nc3ccc(Cl)nn3)C[C@H]2C1. The largest absolute Gasteiger partial charge is 0.376 e. The fraction of sp³-hybridized carbons (Fsp3) is 0.750. The van der Waals surface area contributed by atoms with Crippen LogP contribution in [0.15, 0.2) is 12.1 Å². The highest BCUT2D eigenvalue weighted by Gasteiger charge is 2.41. The van der Waals surface area contributed by atoms with Crippen LogP contribution in [-0.4, -0.2) is 66.7 Å². The zero-order chi connectivity index (χ0) is 17.4. The summed E-state index contributed by atoms with van der Waals surface area (Å²) in [7, 11) is 0. The summed E-state index contributed by atoms with van der Waals surface area (Å²) in [4.78, 5) is 1.94. The molecule has 23 heavy (non-hydrogen) atoms. The first kappa shape index (κ1) is 13.4. The maximum atomic E-state index is 8.49. The van der Waals surface area contributed by atoms with Crippen molar-refractivity contribution in [1.29, 1.82) is 0 Å². The van der Waals surface area contributed by atoms with E-state index >= 15 is 0 Å². The molecule has 1 aromatic heterocycles. The summed E-state index contributed by atoms with van der Waals surface area (Å²) in [5.74, 6) is 1.74. The molecule has 0 aromatic carbocycles. The summed E-state index contributed by atoms with van der Waals surface area (Å²) in [6, 6.07) is 3.93. The van der Waals surface area contributed by atoms with Crippen LogP contribution in [0.5, 0.6) is 0 Å². The molecule has 2 aliphatic heterocycles. The Morgan fingerprint density at radius 1 is 1.26 bits per heavy atom. The van der Waals surface area contributed by atoms with E-state index in [0.29, 0.717) is 42.9 Å². The summed E-state index contributed by atoms with van der Waals surface area (Å²) in [5, 5.41) is 11.7. The Bertz CT molecular complexity index is 586. The molecule has 7 heteroatoms. The second kappa shape index (κ2) is 6.89. The molecule has 4 atom stereocenters. The molecule has 1 aliphatic carbocycles. The van der Waals surface area contributed by atoms with Crippen LogP contribution in [0.2, 0.25) is 5.15 Å². The number of fused-ring (bicyclic) bond motifs is 1. The molecule has 3 fully saturated rings. The summed E-state index contributed by atoms with van der Waals surface area (Å²) < 4.78 is 28.0. The predicted octanol–water partition coefficient (Wildman–Crippen LogP) is 1.67. The Hall–Kier alpha value is -0.950. The van der Waals surface area contributed by atoms with Crippen LogP contribution in [0.3, 0.4) is 0 Å². The Morgan fingerprint density at radius 3 is 2.74 bits per heavy atom. The number of hydrogen-bond donors (Lipinski definition) is 1. The van der Waals surface area contributed by atoms with E-state index in [2.05, 4.69) is 15.5 Å². The third kappa shape index (κ3) is 3.76. The molecule has 1 unspecified atom stereocenters. The van der Waals surface area contributed by atoms with Gasteiger partial charge in [0.25, 0.3) is 0 Å². The maximum absolute atomic E-state index is 8.49. The van der Waals surface area contributed by atoms with Gasteiger partial charge in [-0.05, 0) is 36.8 Å². The molecule has 126 valence electrons. The first-order valence-electron chi connectivity index (χ1n) is 9.22. The predicted molar refractivity (Wildman–Crippen MR) is 87.7 cm³/mol. The lowest BCUT2D eigenvalue weighted by Crippen LogP contribution is -2.39. The molecule has 1 aromatic rings. The monoisotopic (exact) mass is 340 g/mol. The van der Waals surface area contributed by atoms with Crippen molar-refractivity contribution in [2.45, 2.75) is 25.0 Å². The van der Waals surface area contributed by atoms with Crippen molar-refractivity contribution in [3.8, 4) is 0 Å². The number of rotatable bonds is 4. The highest BCUT2D eigenvalue weighted by atomic mass is 35.5. The Balaban J connectivity index is 1.33. The average molecular weight is 341 g/mol. The molecular formula is C16H23ClN4O2. The quantitative estimate of drug-likeness (QED) is 0.899. The Morgan fingerprint density at radius 2 is 2.09 bits per heavy atom. The summed E-state index contributed by atoms with van der Waals surface area (Å²) >= 11 is 5.77. The molecule has 0 radical (unpaired) electrons. The second-order valence-electron chi connectivity index (χ2n) is 6.54. The number of ether oxygens (including phenoxy) is 2. The van der Waals surface area contributed by atoms with Crippen molar-refractivity contribution in [3.63, 3.8) is 0 Å². The van der Waals surface area contributed by atoms with Gasteiger partial charge in [0.15, 0.2) is 5.15 Å². The van der Waals surface area contributed by atoms with Crippen LogP contribution in [-0.2, 0) is 9.47 Å². The van der Waals surface area contributed by atoms with E-state index in [-0.39, 0.29) is 0 Å². The fourth-order valence-electron chi connectivity index (χ4n) is 3.89. The van der Waals surface area contributed by atoms with Gasteiger partial charge in [0, 0.05) is 28.4 Å². The van der Waals surface area contributed by atoms with Crippen LogP contribution >= 0.6 is 11.6 Å². The molecular weight excluding hydrogens is 316 g/mol. The van der Waals surface area contributed by atoms with Gasteiger partial charge < -0.3 is 19.7 Å². The molecule has 2 saturated heterocycles. The van der Waals surface area contributed by atoms with Crippen molar-refractivity contribution in [3.05, 3.63) is 17.3 Å². The highest BCUT2D eigenvalue weighted by Crippen LogP contribution is 2.39. The highest BCUT2D eigenvalue weighted by molar-refractivity contribution is 6.29. The maximum Gasteiger partial charge on any atom is 0.151 e. The number of nitrogens with zero attached hydrogens (tertiary/aromatic N) is 3. The topological polar surface area (TPSA) is 59.5 Å². The number of likely N-dealkylation sites (tertiary alicyclic amines) is 1. The first-order chi connectivity index (χ1) is 12.0. The van der Waals surface area contributed by atoms with E-state index < -0.39 is 12.6 Å². The molecule has 0 amide bonds. The van der Waals surface area contributed by atoms with Gasteiger partial charge in [-0.15, -0.1) is 10.2 Å². The van der Waals surface area contributed by atoms with E-state index in [1.807, 2.05) is 11.0 Å². The summed E-state index contributed by atoms with van der Waals surface area (Å²) in [5.41, 5.74) is 0. The Kier molecular flexibility index (Phi) is 4.00. The molecule has 3 heterocycles. The van der Waals surface area contributed by atoms with Crippen molar-refractivity contribution >= 4 is 17.4 Å². The Labute approximate surface area is 144 Å². The minimum Gasteiger partial charge on any atom is -0.376 e. The number of aromatic nitrogens is 2. The van der Waals surface area contributed by atoms with Crippen molar-refractivity contribution in [2.75, 3.05) is 44.7 Å². The van der Waals surface area contributed by atoms with Gasteiger partial charge in [0.1, 0.15) is 5.82 Å². The van der Waals surface area contributed by atoms with Gasteiger partial charge >= 0.3 is 0 Å². The number of nitrogens with one attached hydrogen (secondary N) is 1. The van der Waals surface area contributed by atoms with Crippen LogP contribution in [0.4, 0.5) is 5.82 Å². The van der Waals surface area contributed by atoms with E-state index in [1.54, 1.807) is 6.07 Å². The second-order valence-corrected chi connectivity index (χ2v) is 6.93. The fourth-order valence-corrected chi connectivity index (χ4v) is 3.99. The van der Waals surface area contributed by atoms with E-state index in [0.717, 1.165) is 31.7 Å². The molecule has 1 N–H and O–H groups in total. The lowest BCUT2D eigenvalue weighted by Gasteiger charge is -2.28. The van der Waals surface area contributed by atoms with Crippen molar-refractivity contribution in [1.82, 2.24) is 15.1 Å². The normalized spacial score (nSPS) is 36.4. The van der Waals surface area contributed by atoms with Crippen molar-refractivity contribution in [2.24, 2.45) is 11.8 Å². The van der Waals surface area contributed by atoms with Gasteiger partial charge in [0.05, 0.1) is 25.9 Å². The first-order valence-corrected chi connectivity index (χ1v) is 8.60. The minimum atomic E-state index is -1.48. The molecule has 0 spiro atoms. The van der Waals surface area contributed by atoms with Crippen LogP contribution in [0.25, 0.3) is 0 Å². The zero-order valence-electron chi connectivity index (χ0n) is 14.9. The molecule has 0 bridgehead atoms. The van der Waals surface area contributed by atoms with E-state index in [9.17, 15) is 0 Å². The number of anilines is 1. The van der Waals surface area contributed by atoms with Gasteiger partial charge in [-0.2, -0.15) is 0 Å². The number of halogens is 1. The lowest BCUT2D eigenvalue weighted by atomic mass is 10.0. The van der Waals surface area contributed by atoms with Crippen LogP contribution < -0.4 is 5.32 Å². The van der Waals surface area contributed by atoms with Gasteiger partial charge in [-0.25, -0.2) is 0 Å². The number of hydrogen-bond acceptors (Lipinski definition) is 6. The van der Waals surface area contributed by atoms with Gasteiger partial charge in [-0.3, -0.25) is 0 Å². The minimum absolute atomic E-state index is 0.332. The third-order valence-electron chi connectivity index (χ3n) is 4.88. The van der Waals surface area contributed by atoms with Crippen molar-refractivity contribution < 1.29 is 12.2 Å². The van der Waals surface area contributed by atoms with E-state index in [1.165, 1.54) is 0 Å². The van der Waals surface area contributed by atoms with Crippen LogP contribution in [0, 0.1) is 11.8 Å². The van der Waals surface area contributed by atoms with E-state index in [4.69, 9.17) is 23.8 Å². The average Bonchev–Trinajstić information content (AvgIpc) is 3.17. The molecule has 6 nitrogen and oxygen atoms in total. The van der Waals surface area contributed by atoms with Gasteiger partial charge in [0.2, 0.25) is 0 Å². The standard InChI is InChI=1S/C16H23ClN4O2/c17-15-1-2-16(20-19-15)18-13-5-11-7-21(8-12(11)6-13)9-14-10-22-3-4-23-14/h1-2,11-14H,3-10H2,(H,18,20)/t11-,12+,13?,14-/m1/s1/i9D2. The van der Waals surface area contributed by atoms with Gasteiger partial charge in [-0.1, -0.05) is 11.6 Å². The van der Waals surface area contributed by atoms with Crippen LogP contribution in [0.1, 0.15) is 15.6 Å². The molecule has 3 aliphatic rings. The molecule has 4 rings (SSSR count). The third-order valence-corrected chi connectivity index (χ3v) is 5.08. The smallest absolute Gasteiger partial charge is 0.151 e. The lowest BCUT2D eigenvalue weighted by molar-refractivity contribution is -0.0964. The molecule has 1 saturated carbocycles.